The lowest BCUT2D eigenvalue weighted by Gasteiger charge is -2.28. The van der Waals surface area contributed by atoms with Crippen molar-refractivity contribution in [2.75, 3.05) is 40.4 Å². The zero-order valence-electron chi connectivity index (χ0n) is 10.8. The second-order valence-corrected chi connectivity index (χ2v) is 4.73. The van der Waals surface area contributed by atoms with Gasteiger partial charge in [-0.15, -0.1) is 0 Å². The molecule has 0 radical (unpaired) electrons. The van der Waals surface area contributed by atoms with Gasteiger partial charge in [-0.25, -0.2) is 0 Å². The van der Waals surface area contributed by atoms with Gasteiger partial charge in [0.2, 0.25) is 0 Å². The Morgan fingerprint density at radius 2 is 1.94 bits per heavy atom. The van der Waals surface area contributed by atoms with Gasteiger partial charge in [-0.1, -0.05) is 11.6 Å². The third-order valence-electron chi connectivity index (χ3n) is 3.14. The molecule has 0 aromatic heterocycles. The van der Waals surface area contributed by atoms with E-state index >= 15 is 0 Å². The highest BCUT2D eigenvalue weighted by Gasteiger charge is 2.16. The molecular formula is C13H19ClN2O2. The molecule has 1 aliphatic rings. The number of nitrogens with zero attached hydrogens (tertiary/aromatic N) is 1. The average Bonchev–Trinajstić information content (AvgIpc) is 2.39. The number of halogens is 1. The van der Waals surface area contributed by atoms with Crippen molar-refractivity contribution >= 4 is 11.6 Å². The summed E-state index contributed by atoms with van der Waals surface area (Å²) >= 11 is 6.20. The average molecular weight is 271 g/mol. The first-order chi connectivity index (χ1) is 8.74. The Morgan fingerprint density at radius 1 is 1.22 bits per heavy atom. The number of piperazine rings is 1. The monoisotopic (exact) mass is 270 g/mol. The molecule has 1 N–H and O–H groups in total. The summed E-state index contributed by atoms with van der Waals surface area (Å²) in [5, 5.41) is 3.94. The van der Waals surface area contributed by atoms with Crippen LogP contribution in [0.25, 0.3) is 0 Å². The molecule has 0 saturated carbocycles. The van der Waals surface area contributed by atoms with Gasteiger partial charge in [-0.05, 0) is 6.07 Å². The predicted octanol–water partition coefficient (Wildman–Crippen LogP) is 1.76. The minimum absolute atomic E-state index is 0.599. The first-order valence-corrected chi connectivity index (χ1v) is 6.46. The Labute approximate surface area is 113 Å². The summed E-state index contributed by atoms with van der Waals surface area (Å²) in [6.07, 6.45) is 0. The highest BCUT2D eigenvalue weighted by Crippen LogP contribution is 2.34. The lowest BCUT2D eigenvalue weighted by molar-refractivity contribution is 0.230. The van der Waals surface area contributed by atoms with Crippen molar-refractivity contribution in [1.82, 2.24) is 10.2 Å². The summed E-state index contributed by atoms with van der Waals surface area (Å²) in [6, 6.07) is 3.77. The predicted molar refractivity (Wildman–Crippen MR) is 72.7 cm³/mol. The first-order valence-electron chi connectivity index (χ1n) is 6.08. The van der Waals surface area contributed by atoms with E-state index in [9.17, 15) is 0 Å². The van der Waals surface area contributed by atoms with E-state index in [-0.39, 0.29) is 0 Å². The lowest BCUT2D eigenvalue weighted by atomic mass is 10.1. The van der Waals surface area contributed by atoms with Gasteiger partial charge >= 0.3 is 0 Å². The Balaban J connectivity index is 2.20. The first kappa shape index (κ1) is 13.5. The summed E-state index contributed by atoms with van der Waals surface area (Å²) < 4.78 is 10.6. The number of nitrogens with one attached hydrogen (secondary N) is 1. The molecule has 0 spiro atoms. The highest BCUT2D eigenvalue weighted by atomic mass is 35.5. The van der Waals surface area contributed by atoms with E-state index in [1.807, 2.05) is 6.07 Å². The van der Waals surface area contributed by atoms with E-state index in [0.29, 0.717) is 5.02 Å². The molecule has 1 fully saturated rings. The number of ether oxygens (including phenoxy) is 2. The molecule has 18 heavy (non-hydrogen) atoms. The van der Waals surface area contributed by atoms with Crippen molar-refractivity contribution in [2.45, 2.75) is 6.54 Å². The van der Waals surface area contributed by atoms with E-state index < -0.39 is 0 Å². The highest BCUT2D eigenvalue weighted by molar-refractivity contribution is 6.32. The van der Waals surface area contributed by atoms with Crippen molar-refractivity contribution in [1.29, 1.82) is 0 Å². The molecule has 1 saturated heterocycles. The van der Waals surface area contributed by atoms with E-state index in [2.05, 4.69) is 10.2 Å². The fraction of sp³-hybridized carbons (Fsp3) is 0.538. The zero-order chi connectivity index (χ0) is 13.0. The van der Waals surface area contributed by atoms with E-state index in [1.165, 1.54) is 0 Å². The molecule has 0 aliphatic carbocycles. The van der Waals surface area contributed by atoms with Crippen molar-refractivity contribution in [3.8, 4) is 11.5 Å². The van der Waals surface area contributed by atoms with Crippen LogP contribution in [0, 0.1) is 0 Å². The second-order valence-electron chi connectivity index (χ2n) is 4.33. The zero-order valence-corrected chi connectivity index (χ0v) is 11.6. The van der Waals surface area contributed by atoms with Crippen LogP contribution < -0.4 is 14.8 Å². The second kappa shape index (κ2) is 6.27. The van der Waals surface area contributed by atoms with Gasteiger partial charge in [0, 0.05) is 44.4 Å². The maximum absolute atomic E-state index is 6.20. The maximum Gasteiger partial charge on any atom is 0.142 e. The molecule has 0 atom stereocenters. The molecule has 1 aromatic rings. The van der Waals surface area contributed by atoms with E-state index in [1.54, 1.807) is 20.3 Å². The molecule has 4 nitrogen and oxygen atoms in total. The van der Waals surface area contributed by atoms with Crippen molar-refractivity contribution < 1.29 is 9.47 Å². The van der Waals surface area contributed by atoms with Crippen molar-refractivity contribution in [3.05, 3.63) is 22.7 Å². The molecular weight excluding hydrogens is 252 g/mol. The SMILES string of the molecule is COc1cc(Cl)c(OC)c(CN2CCNCC2)c1. The quantitative estimate of drug-likeness (QED) is 0.904. The summed E-state index contributed by atoms with van der Waals surface area (Å²) in [7, 11) is 3.29. The van der Waals surface area contributed by atoms with Crippen LogP contribution in [0.15, 0.2) is 12.1 Å². The maximum atomic E-state index is 6.20. The third kappa shape index (κ3) is 3.07. The van der Waals surface area contributed by atoms with Crippen LogP contribution >= 0.6 is 11.6 Å². The number of hydrogen-bond acceptors (Lipinski definition) is 4. The van der Waals surface area contributed by atoms with E-state index in [4.69, 9.17) is 21.1 Å². The van der Waals surface area contributed by atoms with Gasteiger partial charge in [0.1, 0.15) is 11.5 Å². The van der Waals surface area contributed by atoms with Gasteiger partial charge < -0.3 is 14.8 Å². The summed E-state index contributed by atoms with van der Waals surface area (Å²) in [4.78, 5) is 2.38. The van der Waals surface area contributed by atoms with E-state index in [0.717, 1.165) is 49.8 Å². The third-order valence-corrected chi connectivity index (χ3v) is 3.42. The lowest BCUT2D eigenvalue weighted by Crippen LogP contribution is -2.42. The standard InChI is InChI=1S/C13H19ClN2O2/c1-17-11-7-10(13(18-2)12(14)8-11)9-16-5-3-15-4-6-16/h7-8,15H,3-6,9H2,1-2H3. The Hall–Kier alpha value is -0.970. The molecule has 0 unspecified atom stereocenters. The molecule has 0 amide bonds. The molecule has 1 aromatic carbocycles. The summed E-state index contributed by atoms with van der Waals surface area (Å²) in [5.41, 5.74) is 1.07. The van der Waals surface area contributed by atoms with Crippen LogP contribution in [0.3, 0.4) is 0 Å². The molecule has 0 bridgehead atoms. The summed E-state index contributed by atoms with van der Waals surface area (Å²) in [6.45, 7) is 4.97. The number of hydrogen-bond donors (Lipinski definition) is 1. The molecule has 5 heteroatoms. The van der Waals surface area contributed by atoms with Crippen LogP contribution in [0.5, 0.6) is 11.5 Å². The molecule has 100 valence electrons. The number of methoxy groups -OCH3 is 2. The van der Waals surface area contributed by atoms with Gasteiger partial charge in [0.15, 0.2) is 0 Å². The Morgan fingerprint density at radius 3 is 2.56 bits per heavy atom. The number of rotatable bonds is 4. The topological polar surface area (TPSA) is 33.7 Å². The van der Waals surface area contributed by atoms with Crippen LogP contribution in [-0.4, -0.2) is 45.3 Å². The summed E-state index contributed by atoms with van der Waals surface area (Å²) in [5.74, 6) is 1.52. The van der Waals surface area contributed by atoms with Crippen molar-refractivity contribution in [3.63, 3.8) is 0 Å². The normalized spacial score (nSPS) is 16.6. The molecule has 1 aliphatic heterocycles. The smallest absolute Gasteiger partial charge is 0.142 e. The molecule has 2 rings (SSSR count). The Kier molecular flexibility index (Phi) is 4.69. The van der Waals surface area contributed by atoms with Crippen molar-refractivity contribution in [2.24, 2.45) is 0 Å². The van der Waals surface area contributed by atoms with Crippen LogP contribution in [0.2, 0.25) is 5.02 Å². The van der Waals surface area contributed by atoms with Gasteiger partial charge in [-0.2, -0.15) is 0 Å². The van der Waals surface area contributed by atoms with Crippen LogP contribution in [-0.2, 0) is 6.54 Å². The minimum Gasteiger partial charge on any atom is -0.497 e. The molecule has 1 heterocycles. The number of benzene rings is 1. The Bertz CT molecular complexity index is 406. The van der Waals surface area contributed by atoms with Crippen LogP contribution in [0.4, 0.5) is 0 Å². The fourth-order valence-corrected chi connectivity index (χ4v) is 2.50. The van der Waals surface area contributed by atoms with Crippen LogP contribution in [0.1, 0.15) is 5.56 Å². The minimum atomic E-state index is 0.599. The van der Waals surface area contributed by atoms with Gasteiger partial charge in [-0.3, -0.25) is 4.90 Å². The fourth-order valence-electron chi connectivity index (χ4n) is 2.20. The largest absolute Gasteiger partial charge is 0.497 e. The van der Waals surface area contributed by atoms with Gasteiger partial charge in [0.05, 0.1) is 19.2 Å². The van der Waals surface area contributed by atoms with Gasteiger partial charge in [0.25, 0.3) is 0 Å².